The number of rotatable bonds is 2. The van der Waals surface area contributed by atoms with Crippen molar-refractivity contribution in [2.24, 2.45) is 17.3 Å². The number of carbonyl (C=O) groups is 3. The fraction of sp³-hybridized carbons (Fsp3) is 0.667. The van der Waals surface area contributed by atoms with Gasteiger partial charge in [-0.25, -0.2) is 14.8 Å². The summed E-state index contributed by atoms with van der Waals surface area (Å²) in [4.78, 5) is 51.2. The molecule has 43 heavy (non-hydrogen) atoms. The lowest BCUT2D eigenvalue weighted by Gasteiger charge is -2.37. The fourth-order valence-electron chi connectivity index (χ4n) is 6.97. The van der Waals surface area contributed by atoms with E-state index in [9.17, 15) is 14.4 Å². The van der Waals surface area contributed by atoms with Crippen LogP contribution in [0.25, 0.3) is 11.0 Å². The van der Waals surface area contributed by atoms with Crippen molar-refractivity contribution in [1.82, 2.24) is 20.2 Å². The van der Waals surface area contributed by atoms with Crippen LogP contribution in [0.5, 0.6) is 11.6 Å². The van der Waals surface area contributed by atoms with E-state index in [-0.39, 0.29) is 24.3 Å². The van der Waals surface area contributed by atoms with Crippen molar-refractivity contribution in [2.75, 3.05) is 13.7 Å². The molecule has 2 bridgehead atoms. The quantitative estimate of drug-likeness (QED) is 0.469. The third-order valence-electron chi connectivity index (χ3n) is 9.71. The number of amides is 2. The van der Waals surface area contributed by atoms with Crippen molar-refractivity contribution in [3.63, 3.8) is 0 Å². The average molecular weight is 595 g/mol. The highest BCUT2D eigenvalue weighted by molar-refractivity contribution is 5.89. The molecular formula is C33H46N4O6. The predicted octanol–water partition coefficient (Wildman–Crippen LogP) is 5.25. The van der Waals surface area contributed by atoms with Crippen LogP contribution in [0.3, 0.4) is 0 Å². The Labute approximate surface area is 254 Å². The van der Waals surface area contributed by atoms with E-state index in [0.29, 0.717) is 23.6 Å². The van der Waals surface area contributed by atoms with Crippen molar-refractivity contribution in [3.8, 4) is 11.6 Å². The Morgan fingerprint density at radius 2 is 1.86 bits per heavy atom. The normalized spacial score (nSPS) is 30.7. The van der Waals surface area contributed by atoms with Crippen LogP contribution < -0.4 is 14.8 Å². The Bertz CT molecular complexity index is 1360. The molecule has 0 radical (unpaired) electrons. The third kappa shape index (κ3) is 6.43. The van der Waals surface area contributed by atoms with Crippen molar-refractivity contribution in [2.45, 2.75) is 110 Å². The van der Waals surface area contributed by atoms with E-state index in [4.69, 9.17) is 24.2 Å². The SMILES string of the molecule is COc1ccc2nc3c(nc2c1)O[C@H]1CN(C(=O)[C@H](C(C)(C)C)NC(=O)O[C@]2(C)CCC[C@H]2CCCCC3)[C@H](C=O)[C@@H]1C. The van der Waals surface area contributed by atoms with E-state index in [1.807, 2.05) is 52.8 Å². The Hall–Kier alpha value is -3.43. The molecule has 2 aromatic rings. The Kier molecular flexibility index (Phi) is 8.86. The minimum absolute atomic E-state index is 0.184. The summed E-state index contributed by atoms with van der Waals surface area (Å²) in [6, 6.07) is 4.00. The van der Waals surface area contributed by atoms with Crippen molar-refractivity contribution in [1.29, 1.82) is 0 Å². The molecule has 0 spiro atoms. The van der Waals surface area contributed by atoms with Crippen LogP contribution in [-0.4, -0.2) is 70.6 Å². The van der Waals surface area contributed by atoms with Crippen molar-refractivity contribution >= 4 is 29.3 Å². The molecule has 1 aromatic carbocycles. The zero-order valence-electron chi connectivity index (χ0n) is 26.4. The molecule has 0 unspecified atom stereocenters. The molecule has 1 N–H and O–H groups in total. The number of ether oxygens (including phenoxy) is 3. The van der Waals surface area contributed by atoms with Crippen LogP contribution in [0, 0.1) is 17.3 Å². The van der Waals surface area contributed by atoms with Gasteiger partial charge in [-0.15, -0.1) is 0 Å². The summed E-state index contributed by atoms with van der Waals surface area (Å²) in [5.74, 6) is 0.727. The highest BCUT2D eigenvalue weighted by Crippen LogP contribution is 2.42. The van der Waals surface area contributed by atoms with Gasteiger partial charge in [0.05, 0.1) is 30.7 Å². The highest BCUT2D eigenvalue weighted by atomic mass is 16.6. The average Bonchev–Trinajstić information content (AvgIpc) is 3.47. The molecule has 1 saturated heterocycles. The second kappa shape index (κ2) is 12.3. The molecule has 1 aromatic heterocycles. The van der Waals surface area contributed by atoms with Crippen LogP contribution >= 0.6 is 0 Å². The Morgan fingerprint density at radius 3 is 2.58 bits per heavy atom. The van der Waals surface area contributed by atoms with E-state index in [1.54, 1.807) is 12.0 Å². The smallest absolute Gasteiger partial charge is 0.408 e. The number of methoxy groups -OCH3 is 1. The first kappa shape index (κ1) is 31.0. The van der Waals surface area contributed by atoms with Gasteiger partial charge < -0.3 is 29.2 Å². The molecule has 5 rings (SSSR count). The van der Waals surface area contributed by atoms with Gasteiger partial charge in [0.15, 0.2) is 0 Å². The van der Waals surface area contributed by atoms with Gasteiger partial charge in [0, 0.05) is 12.0 Å². The Balaban J connectivity index is 1.52. The summed E-state index contributed by atoms with van der Waals surface area (Å²) in [7, 11) is 1.61. The number of aromatic nitrogens is 2. The van der Waals surface area contributed by atoms with Gasteiger partial charge >= 0.3 is 6.09 Å². The number of carbonyl (C=O) groups excluding carboxylic acids is 3. The van der Waals surface area contributed by atoms with Crippen LogP contribution in [0.15, 0.2) is 18.2 Å². The van der Waals surface area contributed by atoms with Crippen molar-refractivity contribution in [3.05, 3.63) is 23.9 Å². The van der Waals surface area contributed by atoms with Gasteiger partial charge in [0.1, 0.15) is 35.5 Å². The predicted molar refractivity (Wildman–Crippen MR) is 162 cm³/mol. The number of hydrogen-bond acceptors (Lipinski definition) is 8. The van der Waals surface area contributed by atoms with Gasteiger partial charge in [-0.05, 0) is 68.9 Å². The standard InChI is InChI=1S/C33H46N4O6/c1-20-26(19-38)37-18-27(20)42-29-24(34-23-15-14-22(41-6)17-25(23)35-29)13-9-7-8-11-21-12-10-16-33(21,5)43-31(40)36-28(30(37)39)32(2,3)4/h14-15,17,19-21,26-28H,7-13,16,18H2,1-6H3,(H,36,40)/t20-,21+,26+,27-,28+,33+/m0/s1. The van der Waals surface area contributed by atoms with E-state index >= 15 is 0 Å². The molecule has 234 valence electrons. The van der Waals surface area contributed by atoms with Crippen LogP contribution in [0.4, 0.5) is 4.79 Å². The number of aldehydes is 1. The molecule has 2 aliphatic heterocycles. The van der Waals surface area contributed by atoms with E-state index in [2.05, 4.69) is 5.32 Å². The van der Waals surface area contributed by atoms with Crippen LogP contribution in [0.1, 0.15) is 85.3 Å². The van der Waals surface area contributed by atoms with Crippen LogP contribution in [-0.2, 0) is 20.7 Å². The summed E-state index contributed by atoms with van der Waals surface area (Å²) >= 11 is 0. The number of nitrogens with one attached hydrogen (secondary N) is 1. The zero-order chi connectivity index (χ0) is 30.9. The summed E-state index contributed by atoms with van der Waals surface area (Å²) < 4.78 is 18.0. The van der Waals surface area contributed by atoms with E-state index < -0.39 is 35.3 Å². The maximum absolute atomic E-state index is 14.1. The molecule has 2 fully saturated rings. The van der Waals surface area contributed by atoms with Gasteiger partial charge in [-0.3, -0.25) is 4.79 Å². The van der Waals surface area contributed by atoms with E-state index in [1.165, 1.54) is 0 Å². The van der Waals surface area contributed by atoms with Gasteiger partial charge in [0.2, 0.25) is 11.8 Å². The molecule has 6 atom stereocenters. The first-order chi connectivity index (χ1) is 20.4. The number of nitrogens with zero attached hydrogens (tertiary/aromatic N) is 3. The Morgan fingerprint density at radius 1 is 1.09 bits per heavy atom. The first-order valence-electron chi connectivity index (χ1n) is 15.7. The number of fused-ring (bicyclic) bond motifs is 5. The zero-order valence-corrected chi connectivity index (χ0v) is 26.4. The summed E-state index contributed by atoms with van der Waals surface area (Å²) in [5, 5.41) is 2.89. The first-order valence-corrected chi connectivity index (χ1v) is 15.7. The van der Waals surface area contributed by atoms with Crippen molar-refractivity contribution < 1.29 is 28.6 Å². The number of hydrogen-bond donors (Lipinski definition) is 1. The number of alkyl carbamates (subject to hydrolysis) is 1. The molecule has 2 amide bonds. The summed E-state index contributed by atoms with van der Waals surface area (Å²) in [5.41, 5.74) is 0.980. The molecule has 1 aliphatic carbocycles. The maximum atomic E-state index is 14.1. The largest absolute Gasteiger partial charge is 0.497 e. The highest BCUT2D eigenvalue weighted by Gasteiger charge is 2.48. The number of aryl methyl sites for hydroxylation is 1. The maximum Gasteiger partial charge on any atom is 0.408 e. The monoisotopic (exact) mass is 594 g/mol. The minimum Gasteiger partial charge on any atom is -0.497 e. The minimum atomic E-state index is -0.890. The second-order valence-electron chi connectivity index (χ2n) is 13.8. The molecular weight excluding hydrogens is 548 g/mol. The second-order valence-corrected chi connectivity index (χ2v) is 13.8. The lowest BCUT2D eigenvalue weighted by molar-refractivity contribution is -0.139. The summed E-state index contributed by atoms with van der Waals surface area (Å²) in [6.45, 7) is 9.81. The summed E-state index contributed by atoms with van der Waals surface area (Å²) in [6.07, 6.45) is 7.12. The van der Waals surface area contributed by atoms with E-state index in [0.717, 1.165) is 62.4 Å². The molecule has 1 saturated carbocycles. The van der Waals surface area contributed by atoms with Crippen LogP contribution in [0.2, 0.25) is 0 Å². The molecule has 3 heterocycles. The molecule has 10 nitrogen and oxygen atoms in total. The van der Waals surface area contributed by atoms with Gasteiger partial charge in [-0.1, -0.05) is 40.5 Å². The lowest BCUT2D eigenvalue weighted by atomic mass is 9.85. The topological polar surface area (TPSA) is 120 Å². The third-order valence-corrected chi connectivity index (χ3v) is 9.71. The van der Waals surface area contributed by atoms with Gasteiger partial charge in [0.25, 0.3) is 0 Å². The fourth-order valence-corrected chi connectivity index (χ4v) is 6.97. The lowest BCUT2D eigenvalue weighted by Crippen LogP contribution is -2.57. The molecule has 10 heteroatoms. The number of benzene rings is 1. The van der Waals surface area contributed by atoms with Gasteiger partial charge in [-0.2, -0.15) is 0 Å². The molecule has 3 aliphatic rings.